The molecule has 3 aliphatic heterocycles. The molecule has 0 unspecified atom stereocenters. The van der Waals surface area contributed by atoms with Gasteiger partial charge in [-0.1, -0.05) is 108 Å². The van der Waals surface area contributed by atoms with Gasteiger partial charge < -0.3 is 49.5 Å². The van der Waals surface area contributed by atoms with Crippen molar-refractivity contribution >= 4 is 75.9 Å². The first-order valence-electron chi connectivity index (χ1n) is 38.2. The zero-order valence-corrected chi connectivity index (χ0v) is 66.7. The van der Waals surface area contributed by atoms with Crippen LogP contribution < -0.4 is 10.6 Å². The highest BCUT2D eigenvalue weighted by Crippen LogP contribution is 2.35. The molecule has 0 aliphatic carbocycles. The minimum atomic E-state index is -1.31. The lowest BCUT2D eigenvalue weighted by molar-refractivity contribution is -0.322. The zero-order valence-electron chi connectivity index (χ0n) is 66.7. The molecule has 2 aromatic rings. The van der Waals surface area contributed by atoms with Crippen molar-refractivity contribution in [3.63, 3.8) is 0 Å². The molecule has 9 amide bonds. The number of Topliss-reactive ketones (excluding diaryl/α,β-unsaturated/α-hetero) is 2. The maximum absolute atomic E-state index is 15.5. The van der Waals surface area contributed by atoms with Crippen molar-refractivity contribution in [2.24, 2.45) is 47.3 Å². The summed E-state index contributed by atoms with van der Waals surface area (Å²) in [4.78, 5) is 186. The Bertz CT molecular complexity index is 3210. The van der Waals surface area contributed by atoms with Crippen LogP contribution in [-0.2, 0) is 73.6 Å². The van der Waals surface area contributed by atoms with E-state index >= 15 is 33.6 Å². The number of nitrogens with zero attached hydrogens (tertiary/aromatic N) is 12. The van der Waals surface area contributed by atoms with Crippen LogP contribution in [0.2, 0.25) is 0 Å². The number of amides is 9. The minimum Gasteiger partial charge on any atom is -0.379 e. The molecule has 2 N–H and O–H groups in total. The highest BCUT2D eigenvalue weighted by molar-refractivity contribution is 6.00. The minimum absolute atomic E-state index is 0.0502. The lowest BCUT2D eigenvalue weighted by Crippen LogP contribution is -2.72. The molecule has 0 radical (unpaired) electrons. The van der Waals surface area contributed by atoms with Crippen LogP contribution in [0.25, 0.3) is 11.2 Å². The van der Waals surface area contributed by atoms with E-state index in [0.717, 1.165) is 44.0 Å². The summed E-state index contributed by atoms with van der Waals surface area (Å²) >= 11 is 0. The molecule has 5 rings (SSSR count). The molecule has 3 saturated heterocycles. The molecular weight excluding hydrogens is 1330 g/mol. The standard InChI is InChI=1S/C76H128N14O14/c1-23-56-73(98)82(17)53(15)71(96)87(22)64(54(16)103-37-28-27-33-88-35-38-102-39-36-88)62(92)44-55(48(8)9)72(97)83(18)58(40-45(2)3)61(91)43-51(13)68(93)78-52(14)70(95)84(19)59(41-46(4)5)74(99)85(20)60(42-47(6)7)75(100)86(21)63(49(10)11)76(101)90-65(69(94)79-56)66(104-90)50(12)30-25-24-26-34-89-67-57(80-81-89)31-29-32-77-67/h29,31-32,45-56,58-60,63-66H,23-28,30,33-44H2,1-22H3,(H,78,93)(H,79,94)/t50-,51-,52-,53-,54-,55+,56+,58+,59+,60+,63+,64+,65+,66-/m1/s1. The van der Waals surface area contributed by atoms with Crippen molar-refractivity contribution in [1.29, 1.82) is 0 Å². The molecule has 2 aromatic heterocycles. The van der Waals surface area contributed by atoms with Gasteiger partial charge in [0.05, 0.1) is 25.4 Å². The average Bonchev–Trinajstić information content (AvgIpc) is 0.858. The highest BCUT2D eigenvalue weighted by Gasteiger charge is 2.55. The summed E-state index contributed by atoms with van der Waals surface area (Å²) in [5.41, 5.74) is 1.37. The number of unbranched alkanes of at least 4 members (excludes halogenated alkanes) is 3. The molecule has 104 heavy (non-hydrogen) atoms. The molecule has 3 fully saturated rings. The zero-order chi connectivity index (χ0) is 77.9. The molecule has 0 bridgehead atoms. The van der Waals surface area contributed by atoms with Gasteiger partial charge in [0.2, 0.25) is 47.3 Å². The number of hydrogen-bond acceptors (Lipinski definition) is 18. The van der Waals surface area contributed by atoms with Crippen molar-refractivity contribution < 1.29 is 67.1 Å². The third-order valence-corrected chi connectivity index (χ3v) is 21.2. The number of fused-ring (bicyclic) bond motifs is 2. The summed E-state index contributed by atoms with van der Waals surface area (Å²) in [6.45, 7) is 33.0. The van der Waals surface area contributed by atoms with Crippen LogP contribution in [0, 0.1) is 47.3 Å². The molecule has 0 spiro atoms. The first-order valence-corrected chi connectivity index (χ1v) is 38.2. The van der Waals surface area contributed by atoms with Crippen LogP contribution >= 0.6 is 0 Å². The van der Waals surface area contributed by atoms with Gasteiger partial charge in [0.15, 0.2) is 23.3 Å². The summed E-state index contributed by atoms with van der Waals surface area (Å²) in [5, 5.41) is 15.2. The van der Waals surface area contributed by atoms with E-state index in [1.165, 1.54) is 85.5 Å². The number of carbonyl (C=O) groups is 11. The predicted octanol–water partition coefficient (Wildman–Crippen LogP) is 6.07. The second-order valence-corrected chi connectivity index (χ2v) is 31.6. The van der Waals surface area contributed by atoms with E-state index in [1.807, 2.05) is 54.5 Å². The average molecular weight is 1460 g/mol. The molecule has 3 aliphatic rings. The van der Waals surface area contributed by atoms with Crippen LogP contribution in [0.15, 0.2) is 18.3 Å². The molecule has 0 saturated carbocycles. The number of nitrogens with one attached hydrogen (secondary N) is 2. The number of carbonyl (C=O) groups excluding carboxylic acids is 11. The molecule has 0 aromatic carbocycles. The van der Waals surface area contributed by atoms with Crippen LogP contribution in [-0.4, -0.2) is 272 Å². The molecule has 586 valence electrons. The van der Waals surface area contributed by atoms with E-state index in [2.05, 4.69) is 30.8 Å². The van der Waals surface area contributed by atoms with Gasteiger partial charge in [-0.2, -0.15) is 0 Å². The summed E-state index contributed by atoms with van der Waals surface area (Å²) in [6.07, 6.45) is 4.07. The first-order chi connectivity index (χ1) is 48.9. The van der Waals surface area contributed by atoms with Crippen LogP contribution in [0.4, 0.5) is 0 Å². The van der Waals surface area contributed by atoms with Crippen molar-refractivity contribution in [1.82, 2.24) is 70.0 Å². The topological polar surface area (TPSA) is 309 Å². The van der Waals surface area contributed by atoms with Gasteiger partial charge in [-0.15, -0.1) is 5.10 Å². The molecule has 28 nitrogen and oxygen atoms in total. The van der Waals surface area contributed by atoms with Crippen LogP contribution in [0.5, 0.6) is 0 Å². The van der Waals surface area contributed by atoms with E-state index in [1.54, 1.807) is 65.4 Å². The Balaban J connectivity index is 1.59. The van der Waals surface area contributed by atoms with E-state index in [9.17, 15) is 19.2 Å². The number of pyridine rings is 1. The maximum atomic E-state index is 15.5. The Hall–Kier alpha value is -7.04. The Kier molecular flexibility index (Phi) is 34.2. The normalized spacial score (nSPS) is 27.1. The van der Waals surface area contributed by atoms with Crippen LogP contribution in [0.3, 0.4) is 0 Å². The van der Waals surface area contributed by atoms with Gasteiger partial charge in [-0.05, 0) is 126 Å². The van der Waals surface area contributed by atoms with E-state index in [0.29, 0.717) is 50.2 Å². The highest BCUT2D eigenvalue weighted by atomic mass is 16.7. The third kappa shape index (κ3) is 23.0. The Morgan fingerprint density at radius 1 is 0.567 bits per heavy atom. The summed E-state index contributed by atoms with van der Waals surface area (Å²) in [7, 11) is 8.87. The SMILES string of the molecule is CC[C@@H]1NC(=O)[C@@H]2[C@@H]([C@H](C)CCCCCn3nnc4cccnc43)ON2C(=O)[C@H](C(C)C)N(C)C(=O)[C@H](CC(C)C)N(C)C(=O)[C@H](CC(C)C)N(C)C(=O)[C@@H](C)NC(=O)[C@H](C)CC(=O)[C@H](CC(C)C)N(C)C(=O)[C@H](C(C)C)CC(=O)[C@H]([C@@H](C)OCCCCN2CCOCC2)N(C)C(=O)[C@@H](C)N(C)C1=O. The smallest absolute Gasteiger partial charge is 0.270 e. The van der Waals surface area contributed by atoms with Gasteiger partial charge in [0.25, 0.3) is 5.91 Å². The molecule has 5 heterocycles. The largest absolute Gasteiger partial charge is 0.379 e. The number of likely N-dealkylation sites (N-methyl/N-ethyl adjacent to an activating group) is 6. The molecule has 14 atom stereocenters. The maximum Gasteiger partial charge on any atom is 0.270 e. The monoisotopic (exact) mass is 1460 g/mol. The van der Waals surface area contributed by atoms with Gasteiger partial charge >= 0.3 is 0 Å². The van der Waals surface area contributed by atoms with Crippen molar-refractivity contribution in [2.75, 3.05) is 81.7 Å². The van der Waals surface area contributed by atoms with Crippen molar-refractivity contribution in [3.05, 3.63) is 18.3 Å². The van der Waals surface area contributed by atoms with Crippen LogP contribution in [0.1, 0.15) is 188 Å². The van der Waals surface area contributed by atoms with Gasteiger partial charge in [-0.25, -0.2) is 14.7 Å². The fourth-order valence-electron chi connectivity index (χ4n) is 14.5. The number of aryl methyl sites for hydroxylation is 1. The van der Waals surface area contributed by atoms with Gasteiger partial charge in [0, 0.05) is 99.4 Å². The fraction of sp³-hybridized carbons (Fsp3) is 0.789. The quantitative estimate of drug-likeness (QED) is 0.119. The van der Waals surface area contributed by atoms with Gasteiger partial charge in [-0.3, -0.25) is 62.5 Å². The summed E-state index contributed by atoms with van der Waals surface area (Å²) < 4.78 is 13.7. The lowest BCUT2D eigenvalue weighted by atomic mass is 9.85. The first kappa shape index (κ1) is 87.6. The third-order valence-electron chi connectivity index (χ3n) is 21.2. The molecule has 28 heteroatoms. The molecular formula is C76H128N14O14. The number of hydroxylamine groups is 2. The van der Waals surface area contributed by atoms with Crippen molar-refractivity contribution in [3.8, 4) is 0 Å². The number of rotatable bonds is 23. The number of aromatic nitrogens is 4. The second-order valence-electron chi connectivity index (χ2n) is 31.6. The number of ketones is 2. The predicted molar refractivity (Wildman–Crippen MR) is 395 cm³/mol. The Morgan fingerprint density at radius 3 is 1.72 bits per heavy atom. The second kappa shape index (κ2) is 40.6. The van der Waals surface area contributed by atoms with E-state index in [4.69, 9.17) is 14.3 Å². The summed E-state index contributed by atoms with van der Waals surface area (Å²) in [6, 6.07) is -7.15. The Labute approximate surface area is 618 Å². The fourth-order valence-corrected chi connectivity index (χ4v) is 14.5. The van der Waals surface area contributed by atoms with E-state index in [-0.39, 0.29) is 68.8 Å². The number of hydrogen-bond donors (Lipinski definition) is 2. The van der Waals surface area contributed by atoms with Crippen molar-refractivity contribution in [2.45, 2.75) is 261 Å². The summed E-state index contributed by atoms with van der Waals surface area (Å²) in [5.74, 6) is -10.2. The number of morpholine rings is 1. The number of ether oxygens (including phenoxy) is 2. The van der Waals surface area contributed by atoms with E-state index < -0.39 is 155 Å². The lowest BCUT2D eigenvalue weighted by Gasteiger charge is -2.50. The Morgan fingerprint density at radius 2 is 1.13 bits per heavy atom. The van der Waals surface area contributed by atoms with Gasteiger partial charge in [0.1, 0.15) is 53.9 Å².